The van der Waals surface area contributed by atoms with Crippen LogP contribution in [0.4, 0.5) is 0 Å². The Morgan fingerprint density at radius 2 is 2.33 bits per heavy atom. The summed E-state index contributed by atoms with van der Waals surface area (Å²) in [6.45, 7) is -0.0645. The maximum absolute atomic E-state index is 10.5. The minimum Gasteiger partial charge on any atom is -0.371 e. The van der Waals surface area contributed by atoms with E-state index in [0.29, 0.717) is 11.9 Å². The van der Waals surface area contributed by atoms with E-state index < -0.39 is 11.9 Å². The van der Waals surface area contributed by atoms with Gasteiger partial charge in [0.2, 0.25) is 5.79 Å². The second-order valence-corrected chi connectivity index (χ2v) is 3.08. The van der Waals surface area contributed by atoms with E-state index in [9.17, 15) is 9.90 Å². The number of ether oxygens (including phenoxy) is 3. The molecule has 1 aliphatic carbocycles. The highest BCUT2D eigenvalue weighted by molar-refractivity contribution is 5.78. The van der Waals surface area contributed by atoms with E-state index in [4.69, 9.17) is 14.2 Å². The topological polar surface area (TPSA) is 65.0 Å². The van der Waals surface area contributed by atoms with Gasteiger partial charge in [0.05, 0.1) is 0 Å². The molecule has 0 fully saturated rings. The zero-order valence-electron chi connectivity index (χ0n) is 8.67. The van der Waals surface area contributed by atoms with Crippen LogP contribution in [0, 0.1) is 0 Å². The highest BCUT2D eigenvalue weighted by Crippen LogP contribution is 2.24. The number of carbonyl (C=O) groups excluding carboxylic acids is 1. The van der Waals surface area contributed by atoms with Crippen LogP contribution in [0.2, 0.25) is 0 Å². The fourth-order valence-corrected chi connectivity index (χ4v) is 1.26. The van der Waals surface area contributed by atoms with Crippen LogP contribution in [0.25, 0.3) is 0 Å². The van der Waals surface area contributed by atoms with Crippen LogP contribution < -0.4 is 0 Å². The lowest BCUT2D eigenvalue weighted by Crippen LogP contribution is -2.45. The Hall–Kier alpha value is -1.01. The van der Waals surface area contributed by atoms with Crippen LogP contribution >= 0.6 is 0 Å². The molecule has 0 aromatic rings. The normalized spacial score (nSPS) is 30.1. The minimum absolute atomic E-state index is 0.0645. The molecule has 0 spiro atoms. The first-order valence-electron chi connectivity index (χ1n) is 4.40. The molecule has 0 saturated carbocycles. The third kappa shape index (κ3) is 2.73. The Balaban J connectivity index is 2.79. The number of carbonyl (C=O) groups is 1. The average molecular weight is 214 g/mol. The standard InChI is InChI=1S/C10H14O5/c1-13-7-15-10(12)4-3-8(6-11)5-9(10)14-2/h3-6,9,12H,7H2,1-2H3. The van der Waals surface area contributed by atoms with E-state index >= 15 is 0 Å². The van der Waals surface area contributed by atoms with Crippen molar-refractivity contribution in [2.24, 2.45) is 0 Å². The molecule has 0 radical (unpaired) electrons. The molecule has 0 aromatic heterocycles. The Labute approximate surface area is 87.9 Å². The molecular weight excluding hydrogens is 200 g/mol. The molecule has 0 amide bonds. The average Bonchev–Trinajstić information content (AvgIpc) is 2.27. The van der Waals surface area contributed by atoms with Gasteiger partial charge in [0, 0.05) is 19.8 Å². The molecule has 84 valence electrons. The number of hydrogen-bond donors (Lipinski definition) is 1. The molecule has 2 atom stereocenters. The summed E-state index contributed by atoms with van der Waals surface area (Å²) in [5.74, 6) is -1.59. The fourth-order valence-electron chi connectivity index (χ4n) is 1.26. The Kier molecular flexibility index (Phi) is 4.16. The highest BCUT2D eigenvalue weighted by atomic mass is 16.7. The second-order valence-electron chi connectivity index (χ2n) is 3.08. The van der Waals surface area contributed by atoms with E-state index in [2.05, 4.69) is 0 Å². The first-order valence-corrected chi connectivity index (χ1v) is 4.40. The van der Waals surface area contributed by atoms with Gasteiger partial charge in [0.25, 0.3) is 0 Å². The van der Waals surface area contributed by atoms with Gasteiger partial charge in [-0.2, -0.15) is 0 Å². The van der Waals surface area contributed by atoms with Gasteiger partial charge in [-0.25, -0.2) is 0 Å². The van der Waals surface area contributed by atoms with E-state index in [1.54, 1.807) is 0 Å². The van der Waals surface area contributed by atoms with Crippen LogP contribution in [-0.2, 0) is 19.0 Å². The first kappa shape index (κ1) is 12.1. The predicted octanol–water partition coefficient (Wildman–Crippen LogP) is 0.00560. The predicted molar refractivity (Wildman–Crippen MR) is 52.0 cm³/mol. The molecule has 0 aromatic carbocycles. The molecule has 5 nitrogen and oxygen atoms in total. The quantitative estimate of drug-likeness (QED) is 0.515. The fraction of sp³-hybridized carbons (Fsp3) is 0.500. The Bertz CT molecular complexity index is 284. The van der Waals surface area contributed by atoms with Crippen LogP contribution in [0.15, 0.2) is 23.8 Å². The lowest BCUT2D eigenvalue weighted by molar-refractivity contribution is -0.251. The number of rotatable bonds is 5. The van der Waals surface area contributed by atoms with Gasteiger partial charge in [-0.15, -0.1) is 0 Å². The molecule has 1 aliphatic rings. The number of allylic oxidation sites excluding steroid dienone is 2. The van der Waals surface area contributed by atoms with Crippen molar-refractivity contribution in [2.75, 3.05) is 21.0 Å². The van der Waals surface area contributed by atoms with E-state index in [1.165, 1.54) is 32.4 Å². The van der Waals surface area contributed by atoms with Crippen molar-refractivity contribution >= 4 is 6.29 Å². The van der Waals surface area contributed by atoms with Crippen molar-refractivity contribution in [1.29, 1.82) is 0 Å². The minimum atomic E-state index is -1.59. The van der Waals surface area contributed by atoms with Crippen LogP contribution in [0.3, 0.4) is 0 Å². The van der Waals surface area contributed by atoms with Gasteiger partial charge < -0.3 is 19.3 Å². The number of aliphatic hydroxyl groups is 1. The van der Waals surface area contributed by atoms with E-state index in [1.807, 2.05) is 0 Å². The number of methoxy groups -OCH3 is 2. The summed E-state index contributed by atoms with van der Waals surface area (Å²) in [6, 6.07) is 0. The number of hydrogen-bond acceptors (Lipinski definition) is 5. The molecule has 1 N–H and O–H groups in total. The molecular formula is C10H14O5. The summed E-state index contributed by atoms with van der Waals surface area (Å²) in [5.41, 5.74) is 0.438. The van der Waals surface area contributed by atoms with Crippen molar-refractivity contribution in [3.8, 4) is 0 Å². The van der Waals surface area contributed by atoms with Crippen molar-refractivity contribution in [3.63, 3.8) is 0 Å². The molecule has 2 unspecified atom stereocenters. The van der Waals surface area contributed by atoms with Crippen molar-refractivity contribution in [1.82, 2.24) is 0 Å². The molecule has 0 heterocycles. The lowest BCUT2D eigenvalue weighted by atomic mass is 10.00. The maximum Gasteiger partial charge on any atom is 0.218 e. The zero-order valence-corrected chi connectivity index (χ0v) is 8.67. The lowest BCUT2D eigenvalue weighted by Gasteiger charge is -2.32. The van der Waals surface area contributed by atoms with Gasteiger partial charge >= 0.3 is 0 Å². The largest absolute Gasteiger partial charge is 0.371 e. The van der Waals surface area contributed by atoms with Crippen molar-refractivity contribution < 1.29 is 24.1 Å². The van der Waals surface area contributed by atoms with Crippen LogP contribution in [0.5, 0.6) is 0 Å². The van der Waals surface area contributed by atoms with E-state index in [-0.39, 0.29) is 6.79 Å². The Morgan fingerprint density at radius 1 is 1.60 bits per heavy atom. The highest BCUT2D eigenvalue weighted by Gasteiger charge is 2.36. The third-order valence-corrected chi connectivity index (χ3v) is 2.06. The zero-order chi connectivity index (χ0) is 11.3. The number of aldehydes is 1. The first-order chi connectivity index (χ1) is 7.16. The van der Waals surface area contributed by atoms with Crippen molar-refractivity contribution in [2.45, 2.75) is 11.9 Å². The van der Waals surface area contributed by atoms with Gasteiger partial charge in [-0.1, -0.05) is 6.08 Å². The molecule has 0 bridgehead atoms. The monoisotopic (exact) mass is 214 g/mol. The smallest absolute Gasteiger partial charge is 0.218 e. The summed E-state index contributed by atoms with van der Waals surface area (Å²) in [7, 11) is 2.87. The second kappa shape index (κ2) is 5.18. The van der Waals surface area contributed by atoms with Gasteiger partial charge in [0.15, 0.2) is 0 Å². The summed E-state index contributed by atoms with van der Waals surface area (Å²) in [4.78, 5) is 10.5. The molecule has 0 aliphatic heterocycles. The summed E-state index contributed by atoms with van der Waals surface area (Å²) < 4.78 is 14.8. The van der Waals surface area contributed by atoms with Gasteiger partial charge in [0.1, 0.15) is 19.2 Å². The molecule has 15 heavy (non-hydrogen) atoms. The third-order valence-electron chi connectivity index (χ3n) is 2.06. The molecule has 0 saturated heterocycles. The van der Waals surface area contributed by atoms with Crippen LogP contribution in [-0.4, -0.2) is 44.3 Å². The Morgan fingerprint density at radius 3 is 2.87 bits per heavy atom. The van der Waals surface area contributed by atoms with Crippen LogP contribution in [0.1, 0.15) is 0 Å². The van der Waals surface area contributed by atoms with Gasteiger partial charge in [-0.05, 0) is 12.2 Å². The SMILES string of the molecule is COCOC1(O)C=CC(C=O)=CC1OC. The summed E-state index contributed by atoms with van der Waals surface area (Å²) in [5, 5.41) is 10.0. The van der Waals surface area contributed by atoms with E-state index in [0.717, 1.165) is 0 Å². The van der Waals surface area contributed by atoms with Gasteiger partial charge in [-0.3, -0.25) is 4.79 Å². The molecule has 5 heteroatoms. The van der Waals surface area contributed by atoms with Crippen molar-refractivity contribution in [3.05, 3.63) is 23.8 Å². The maximum atomic E-state index is 10.5. The molecule has 1 rings (SSSR count). The summed E-state index contributed by atoms with van der Waals surface area (Å²) in [6.07, 6.45) is 4.28. The summed E-state index contributed by atoms with van der Waals surface area (Å²) >= 11 is 0.